The molecule has 16 heavy (non-hydrogen) atoms. The first kappa shape index (κ1) is 11.8. The standard InChI is InChI=1S/C9H14O6S/c1-13-8(10)7-9(5-3-2-4-6-9)15-16(11,12)14-7/h7H,2-6H2,1H3. The molecule has 2 aliphatic rings. The number of carbonyl (C=O) groups excluding carboxylic acids is 1. The number of hydrogen-bond donors (Lipinski definition) is 0. The van der Waals surface area contributed by atoms with Gasteiger partial charge in [-0.25, -0.2) is 13.2 Å². The predicted octanol–water partition coefficient (Wildman–Crippen LogP) is 0.522. The Labute approximate surface area is 94.2 Å². The molecule has 0 aromatic heterocycles. The highest BCUT2D eigenvalue weighted by molar-refractivity contribution is 7.82. The SMILES string of the molecule is COC(=O)C1OS(=O)(=O)OC12CCCCC2. The van der Waals surface area contributed by atoms with Gasteiger partial charge in [0, 0.05) is 0 Å². The van der Waals surface area contributed by atoms with Gasteiger partial charge >= 0.3 is 16.4 Å². The van der Waals surface area contributed by atoms with E-state index in [9.17, 15) is 13.2 Å². The number of esters is 1. The summed E-state index contributed by atoms with van der Waals surface area (Å²) in [7, 11) is -2.86. The molecule has 92 valence electrons. The van der Waals surface area contributed by atoms with Crippen LogP contribution in [0.25, 0.3) is 0 Å². The van der Waals surface area contributed by atoms with Crippen LogP contribution < -0.4 is 0 Å². The molecule has 1 unspecified atom stereocenters. The van der Waals surface area contributed by atoms with Gasteiger partial charge in [-0.2, -0.15) is 8.42 Å². The van der Waals surface area contributed by atoms with Crippen LogP contribution in [0.5, 0.6) is 0 Å². The van der Waals surface area contributed by atoms with Gasteiger partial charge < -0.3 is 4.74 Å². The van der Waals surface area contributed by atoms with Crippen LogP contribution in [0.3, 0.4) is 0 Å². The minimum absolute atomic E-state index is 0.506. The summed E-state index contributed by atoms with van der Waals surface area (Å²) in [6, 6.07) is 0. The Bertz CT molecular complexity index is 381. The van der Waals surface area contributed by atoms with Crippen LogP contribution in [0.15, 0.2) is 0 Å². The highest BCUT2D eigenvalue weighted by atomic mass is 32.3. The summed E-state index contributed by atoms with van der Waals surface area (Å²) >= 11 is 0. The highest BCUT2D eigenvalue weighted by Crippen LogP contribution is 2.42. The molecule has 0 N–H and O–H groups in total. The Hall–Kier alpha value is -0.660. The van der Waals surface area contributed by atoms with E-state index in [1.165, 1.54) is 7.11 Å². The van der Waals surface area contributed by atoms with E-state index in [1.807, 2.05) is 0 Å². The molecule has 1 heterocycles. The summed E-state index contributed by atoms with van der Waals surface area (Å²) in [6.45, 7) is 0. The zero-order valence-electron chi connectivity index (χ0n) is 8.97. The molecule has 7 heteroatoms. The van der Waals surface area contributed by atoms with Crippen LogP contribution in [0.1, 0.15) is 32.1 Å². The minimum atomic E-state index is -4.06. The molecular weight excluding hydrogens is 236 g/mol. The Morgan fingerprint density at radius 2 is 1.94 bits per heavy atom. The van der Waals surface area contributed by atoms with Crippen molar-refractivity contribution in [1.82, 2.24) is 0 Å². The molecule has 0 amide bonds. The van der Waals surface area contributed by atoms with Crippen molar-refractivity contribution in [2.75, 3.05) is 7.11 Å². The molecule has 0 radical (unpaired) electrons. The quantitative estimate of drug-likeness (QED) is 0.631. The smallest absolute Gasteiger partial charge is 0.401 e. The van der Waals surface area contributed by atoms with E-state index < -0.39 is 28.1 Å². The van der Waals surface area contributed by atoms with Crippen molar-refractivity contribution >= 4 is 16.4 Å². The molecule has 1 saturated carbocycles. The maximum atomic E-state index is 11.5. The molecule has 1 saturated heterocycles. The maximum absolute atomic E-state index is 11.5. The Balaban J connectivity index is 2.30. The molecular formula is C9H14O6S. The van der Waals surface area contributed by atoms with Gasteiger partial charge in [0.25, 0.3) is 0 Å². The van der Waals surface area contributed by atoms with Gasteiger partial charge in [0.15, 0.2) is 0 Å². The molecule has 1 atom stereocenters. The lowest BCUT2D eigenvalue weighted by molar-refractivity contribution is -0.155. The Kier molecular flexibility index (Phi) is 2.93. The molecule has 0 aromatic carbocycles. The fourth-order valence-electron chi connectivity index (χ4n) is 2.33. The lowest BCUT2D eigenvalue weighted by atomic mass is 9.81. The molecule has 0 aromatic rings. The molecule has 2 fully saturated rings. The Morgan fingerprint density at radius 1 is 1.31 bits per heavy atom. The number of ether oxygens (including phenoxy) is 1. The van der Waals surface area contributed by atoms with Crippen LogP contribution in [-0.4, -0.2) is 33.2 Å². The first-order valence-electron chi connectivity index (χ1n) is 5.21. The van der Waals surface area contributed by atoms with Gasteiger partial charge in [-0.1, -0.05) is 19.3 Å². The fourth-order valence-corrected chi connectivity index (χ4v) is 3.52. The maximum Gasteiger partial charge on any atom is 0.401 e. The third kappa shape index (κ3) is 1.94. The van der Waals surface area contributed by atoms with Crippen molar-refractivity contribution in [3.8, 4) is 0 Å². The zero-order valence-corrected chi connectivity index (χ0v) is 9.79. The normalized spacial score (nSPS) is 31.4. The van der Waals surface area contributed by atoms with E-state index in [1.54, 1.807) is 0 Å². The molecule has 1 aliphatic heterocycles. The van der Waals surface area contributed by atoms with Gasteiger partial charge in [-0.3, -0.25) is 0 Å². The van der Waals surface area contributed by atoms with Crippen LogP contribution in [-0.2, 0) is 28.3 Å². The third-order valence-corrected chi connectivity index (χ3v) is 4.04. The van der Waals surface area contributed by atoms with Gasteiger partial charge in [-0.15, -0.1) is 0 Å². The molecule has 2 rings (SSSR count). The highest BCUT2D eigenvalue weighted by Gasteiger charge is 2.57. The third-order valence-electron chi connectivity index (χ3n) is 3.08. The van der Waals surface area contributed by atoms with Gasteiger partial charge in [0.05, 0.1) is 7.11 Å². The number of methoxy groups -OCH3 is 1. The number of hydrogen-bond acceptors (Lipinski definition) is 6. The zero-order chi connectivity index (χ0) is 11.8. The molecule has 0 bridgehead atoms. The second kappa shape index (κ2) is 3.97. The number of rotatable bonds is 1. The van der Waals surface area contributed by atoms with Crippen molar-refractivity contribution in [3.05, 3.63) is 0 Å². The summed E-state index contributed by atoms with van der Waals surface area (Å²) in [5.74, 6) is -0.692. The summed E-state index contributed by atoms with van der Waals surface area (Å²) in [6.07, 6.45) is 2.53. The summed E-state index contributed by atoms with van der Waals surface area (Å²) in [5.41, 5.74) is -1.04. The fraction of sp³-hybridized carbons (Fsp3) is 0.889. The molecule has 1 aliphatic carbocycles. The summed E-state index contributed by atoms with van der Waals surface area (Å²) in [4.78, 5) is 11.5. The monoisotopic (exact) mass is 250 g/mol. The van der Waals surface area contributed by atoms with E-state index in [0.717, 1.165) is 19.3 Å². The van der Waals surface area contributed by atoms with Crippen LogP contribution in [0, 0.1) is 0 Å². The van der Waals surface area contributed by atoms with Crippen LogP contribution in [0.2, 0.25) is 0 Å². The van der Waals surface area contributed by atoms with Crippen molar-refractivity contribution in [1.29, 1.82) is 0 Å². The predicted molar refractivity (Wildman–Crippen MR) is 52.7 cm³/mol. The average molecular weight is 250 g/mol. The van der Waals surface area contributed by atoms with Gasteiger partial charge in [0.1, 0.15) is 5.60 Å². The second-order valence-corrected chi connectivity index (χ2v) is 5.29. The largest absolute Gasteiger partial charge is 0.467 e. The Morgan fingerprint density at radius 3 is 2.50 bits per heavy atom. The van der Waals surface area contributed by atoms with E-state index in [-0.39, 0.29) is 0 Å². The van der Waals surface area contributed by atoms with Crippen LogP contribution >= 0.6 is 0 Å². The number of carbonyl (C=O) groups is 1. The van der Waals surface area contributed by atoms with E-state index in [4.69, 9.17) is 4.18 Å². The van der Waals surface area contributed by atoms with Crippen molar-refractivity contribution in [2.24, 2.45) is 0 Å². The van der Waals surface area contributed by atoms with E-state index >= 15 is 0 Å². The molecule has 6 nitrogen and oxygen atoms in total. The lowest BCUT2D eigenvalue weighted by Gasteiger charge is -2.32. The second-order valence-electron chi connectivity index (χ2n) is 4.12. The summed E-state index contributed by atoms with van der Waals surface area (Å²) in [5, 5.41) is 0. The molecule has 1 spiro atoms. The first-order valence-corrected chi connectivity index (χ1v) is 6.54. The van der Waals surface area contributed by atoms with E-state index in [2.05, 4.69) is 8.92 Å². The van der Waals surface area contributed by atoms with Crippen molar-refractivity contribution in [3.63, 3.8) is 0 Å². The average Bonchev–Trinajstić information content (AvgIpc) is 2.50. The van der Waals surface area contributed by atoms with Crippen LogP contribution in [0.4, 0.5) is 0 Å². The van der Waals surface area contributed by atoms with Crippen molar-refractivity contribution < 1.29 is 26.3 Å². The van der Waals surface area contributed by atoms with Gasteiger partial charge in [-0.05, 0) is 12.8 Å². The lowest BCUT2D eigenvalue weighted by Crippen LogP contribution is -2.46. The topological polar surface area (TPSA) is 78.9 Å². The van der Waals surface area contributed by atoms with Crippen molar-refractivity contribution in [2.45, 2.75) is 43.8 Å². The minimum Gasteiger partial charge on any atom is -0.467 e. The van der Waals surface area contributed by atoms with E-state index in [0.29, 0.717) is 12.8 Å². The first-order chi connectivity index (χ1) is 7.49. The summed E-state index contributed by atoms with van der Waals surface area (Å²) < 4.78 is 36.7. The van der Waals surface area contributed by atoms with Gasteiger partial charge in [0.2, 0.25) is 6.10 Å².